The molecule has 0 aromatic carbocycles. The summed E-state index contributed by atoms with van der Waals surface area (Å²) in [6.07, 6.45) is 20.0. The summed E-state index contributed by atoms with van der Waals surface area (Å²) in [6, 6.07) is 0.423. The number of unbranched alkanes of at least 4 members (excludes halogenated alkanes) is 8. The SMILES string of the molecule is CCCCCCCCCCCC(CCO)n1ccnc1. The maximum atomic E-state index is 9.15. The van der Waals surface area contributed by atoms with Gasteiger partial charge >= 0.3 is 0 Å². The van der Waals surface area contributed by atoms with E-state index in [0.29, 0.717) is 6.04 Å². The van der Waals surface area contributed by atoms with Crippen molar-refractivity contribution >= 4 is 0 Å². The summed E-state index contributed by atoms with van der Waals surface area (Å²) in [4.78, 5) is 4.10. The molecule has 1 heterocycles. The third-order valence-electron chi connectivity index (χ3n) is 4.05. The molecule has 0 spiro atoms. The van der Waals surface area contributed by atoms with E-state index in [9.17, 15) is 0 Å². The van der Waals surface area contributed by atoms with Gasteiger partial charge in [0.2, 0.25) is 0 Å². The maximum absolute atomic E-state index is 9.15. The fourth-order valence-corrected chi connectivity index (χ4v) is 2.77. The first-order valence-electron chi connectivity index (χ1n) is 8.46. The van der Waals surface area contributed by atoms with Gasteiger partial charge in [0.25, 0.3) is 0 Å². The molecule has 1 rings (SSSR count). The highest BCUT2D eigenvalue weighted by Crippen LogP contribution is 2.20. The van der Waals surface area contributed by atoms with Crippen LogP contribution in [0.25, 0.3) is 0 Å². The monoisotopic (exact) mass is 280 g/mol. The van der Waals surface area contributed by atoms with E-state index in [2.05, 4.69) is 16.5 Å². The van der Waals surface area contributed by atoms with Crippen molar-refractivity contribution in [3.8, 4) is 0 Å². The minimum Gasteiger partial charge on any atom is -0.396 e. The first kappa shape index (κ1) is 17.2. The normalized spacial score (nSPS) is 12.7. The molecule has 20 heavy (non-hydrogen) atoms. The van der Waals surface area contributed by atoms with E-state index in [1.54, 1.807) is 0 Å². The van der Waals surface area contributed by atoms with E-state index in [-0.39, 0.29) is 6.61 Å². The molecule has 116 valence electrons. The van der Waals surface area contributed by atoms with Crippen LogP contribution >= 0.6 is 0 Å². The van der Waals surface area contributed by atoms with E-state index in [0.717, 1.165) is 12.8 Å². The second kappa shape index (κ2) is 12.0. The lowest BCUT2D eigenvalue weighted by atomic mass is 10.0. The largest absolute Gasteiger partial charge is 0.396 e. The van der Waals surface area contributed by atoms with Crippen molar-refractivity contribution in [1.82, 2.24) is 9.55 Å². The van der Waals surface area contributed by atoms with Gasteiger partial charge in [-0.3, -0.25) is 0 Å². The van der Waals surface area contributed by atoms with E-state index in [1.807, 2.05) is 18.7 Å². The van der Waals surface area contributed by atoms with Crippen molar-refractivity contribution in [1.29, 1.82) is 0 Å². The Bertz CT molecular complexity index is 298. The molecule has 0 saturated carbocycles. The van der Waals surface area contributed by atoms with Crippen LogP contribution in [0.4, 0.5) is 0 Å². The molecular weight excluding hydrogens is 248 g/mol. The van der Waals surface area contributed by atoms with Gasteiger partial charge in [-0.25, -0.2) is 4.98 Å². The Balaban J connectivity index is 2.01. The Morgan fingerprint density at radius 1 is 0.950 bits per heavy atom. The predicted molar refractivity (Wildman–Crippen MR) is 84.8 cm³/mol. The summed E-state index contributed by atoms with van der Waals surface area (Å²) < 4.78 is 2.14. The molecule has 1 unspecified atom stereocenters. The first-order chi connectivity index (χ1) is 9.88. The van der Waals surface area contributed by atoms with Gasteiger partial charge in [0.05, 0.1) is 6.33 Å². The fourth-order valence-electron chi connectivity index (χ4n) is 2.77. The van der Waals surface area contributed by atoms with Gasteiger partial charge in [0, 0.05) is 25.0 Å². The first-order valence-corrected chi connectivity index (χ1v) is 8.46. The molecule has 3 heteroatoms. The molecule has 1 atom stereocenters. The average molecular weight is 280 g/mol. The second-order valence-corrected chi connectivity index (χ2v) is 5.79. The summed E-state index contributed by atoms with van der Waals surface area (Å²) in [5.74, 6) is 0. The van der Waals surface area contributed by atoms with Gasteiger partial charge in [0.15, 0.2) is 0 Å². The zero-order valence-corrected chi connectivity index (χ0v) is 13.1. The van der Waals surface area contributed by atoms with Gasteiger partial charge in [-0.15, -0.1) is 0 Å². The lowest BCUT2D eigenvalue weighted by molar-refractivity contribution is 0.250. The highest BCUT2D eigenvalue weighted by Gasteiger charge is 2.09. The van der Waals surface area contributed by atoms with Gasteiger partial charge in [-0.05, 0) is 12.8 Å². The highest BCUT2D eigenvalue weighted by molar-refractivity contribution is 4.80. The van der Waals surface area contributed by atoms with E-state index in [4.69, 9.17) is 5.11 Å². The van der Waals surface area contributed by atoms with Crippen LogP contribution in [0.1, 0.15) is 83.6 Å². The van der Waals surface area contributed by atoms with Crippen molar-refractivity contribution in [3.63, 3.8) is 0 Å². The molecule has 1 N–H and O–H groups in total. The maximum Gasteiger partial charge on any atom is 0.0948 e. The van der Waals surface area contributed by atoms with Gasteiger partial charge in [-0.2, -0.15) is 0 Å². The smallest absolute Gasteiger partial charge is 0.0948 e. The summed E-state index contributed by atoms with van der Waals surface area (Å²) in [5, 5.41) is 9.15. The second-order valence-electron chi connectivity index (χ2n) is 5.79. The fraction of sp³-hybridized carbons (Fsp3) is 0.824. The quantitative estimate of drug-likeness (QED) is 0.531. The lowest BCUT2D eigenvalue weighted by Crippen LogP contribution is -2.09. The Labute approximate surface area is 124 Å². The number of rotatable bonds is 13. The molecule has 0 saturated heterocycles. The Hall–Kier alpha value is -0.830. The van der Waals surface area contributed by atoms with Crippen LogP contribution in [-0.4, -0.2) is 21.3 Å². The van der Waals surface area contributed by atoms with Gasteiger partial charge in [0.1, 0.15) is 0 Å². The molecule has 0 radical (unpaired) electrons. The summed E-state index contributed by atoms with van der Waals surface area (Å²) in [7, 11) is 0. The van der Waals surface area contributed by atoms with Crippen LogP contribution in [-0.2, 0) is 0 Å². The van der Waals surface area contributed by atoms with Crippen molar-refractivity contribution in [3.05, 3.63) is 18.7 Å². The van der Waals surface area contributed by atoms with Crippen LogP contribution in [0.15, 0.2) is 18.7 Å². The number of hydrogen-bond acceptors (Lipinski definition) is 2. The number of imidazole rings is 1. The van der Waals surface area contributed by atoms with Crippen LogP contribution in [0.3, 0.4) is 0 Å². The number of aromatic nitrogens is 2. The summed E-state index contributed by atoms with van der Waals surface area (Å²) in [6.45, 7) is 2.53. The molecule has 0 aliphatic rings. The molecule has 0 aliphatic heterocycles. The zero-order valence-electron chi connectivity index (χ0n) is 13.1. The lowest BCUT2D eigenvalue weighted by Gasteiger charge is -2.17. The predicted octanol–water partition coefficient (Wildman–Crippen LogP) is 4.73. The van der Waals surface area contributed by atoms with Crippen LogP contribution in [0.2, 0.25) is 0 Å². The third-order valence-corrected chi connectivity index (χ3v) is 4.05. The summed E-state index contributed by atoms with van der Waals surface area (Å²) in [5.41, 5.74) is 0. The molecule has 0 bridgehead atoms. The molecule has 3 nitrogen and oxygen atoms in total. The van der Waals surface area contributed by atoms with Crippen LogP contribution in [0.5, 0.6) is 0 Å². The topological polar surface area (TPSA) is 38.0 Å². The third kappa shape index (κ3) is 7.68. The van der Waals surface area contributed by atoms with Gasteiger partial charge in [-0.1, -0.05) is 64.7 Å². The standard InChI is InChI=1S/C17H32N2O/c1-2-3-4-5-6-7-8-9-10-11-17(12-15-20)19-14-13-18-16-19/h13-14,16-17,20H,2-12,15H2,1H3. The minimum absolute atomic E-state index is 0.264. The molecule has 1 aromatic heterocycles. The zero-order chi connectivity index (χ0) is 14.5. The number of hydrogen-bond donors (Lipinski definition) is 1. The number of aliphatic hydroxyl groups excluding tert-OH is 1. The van der Waals surface area contributed by atoms with Crippen LogP contribution in [0, 0.1) is 0 Å². The van der Waals surface area contributed by atoms with E-state index < -0.39 is 0 Å². The number of aliphatic hydroxyl groups is 1. The molecule has 0 fully saturated rings. The Kier molecular flexibility index (Phi) is 10.3. The molecular formula is C17H32N2O. The molecule has 0 aliphatic carbocycles. The Morgan fingerprint density at radius 2 is 1.60 bits per heavy atom. The minimum atomic E-state index is 0.264. The van der Waals surface area contributed by atoms with Crippen LogP contribution < -0.4 is 0 Å². The molecule has 0 amide bonds. The molecule has 1 aromatic rings. The van der Waals surface area contributed by atoms with Crippen molar-refractivity contribution in [2.24, 2.45) is 0 Å². The van der Waals surface area contributed by atoms with Crippen molar-refractivity contribution in [2.45, 2.75) is 83.6 Å². The van der Waals surface area contributed by atoms with Crippen molar-refractivity contribution in [2.75, 3.05) is 6.61 Å². The average Bonchev–Trinajstić information content (AvgIpc) is 2.98. The number of nitrogens with zero attached hydrogens (tertiary/aromatic N) is 2. The van der Waals surface area contributed by atoms with E-state index >= 15 is 0 Å². The van der Waals surface area contributed by atoms with E-state index in [1.165, 1.54) is 57.8 Å². The summed E-state index contributed by atoms with van der Waals surface area (Å²) >= 11 is 0. The van der Waals surface area contributed by atoms with Crippen molar-refractivity contribution < 1.29 is 5.11 Å². The van der Waals surface area contributed by atoms with Gasteiger partial charge < -0.3 is 9.67 Å². The Morgan fingerprint density at radius 3 is 2.15 bits per heavy atom. The highest BCUT2D eigenvalue weighted by atomic mass is 16.3.